The number of aromatic amines is 1. The normalized spacial score (nSPS) is 16.3. The van der Waals surface area contributed by atoms with Crippen LogP contribution >= 0.6 is 0 Å². The summed E-state index contributed by atoms with van der Waals surface area (Å²) in [6.45, 7) is 7.99. The summed E-state index contributed by atoms with van der Waals surface area (Å²) in [5, 5.41) is 7.24. The maximum Gasteiger partial charge on any atom is 0.130 e. The van der Waals surface area contributed by atoms with Gasteiger partial charge in [-0.15, -0.1) is 0 Å². The molecule has 118 valence electrons. The first-order chi connectivity index (χ1) is 10.5. The standard InChI is InChI=1S/C16H20F2N4/c1-11-16(12(2)20-19-11)22-7-5-21(6-8-22)10-13-3-4-14(17)9-15(13)18/h3-4,9H,5-8,10H2,1-2H3,(H,19,20). The lowest BCUT2D eigenvalue weighted by atomic mass is 10.1. The van der Waals surface area contributed by atoms with Crippen molar-refractivity contribution in [3.63, 3.8) is 0 Å². The molecule has 6 heteroatoms. The first kappa shape index (κ1) is 15.0. The molecule has 0 unspecified atom stereocenters. The van der Waals surface area contributed by atoms with Crippen LogP contribution in [0.25, 0.3) is 0 Å². The Hall–Kier alpha value is -1.95. The van der Waals surface area contributed by atoms with Crippen molar-refractivity contribution in [1.29, 1.82) is 0 Å². The number of aryl methyl sites for hydroxylation is 2. The predicted octanol–water partition coefficient (Wildman–Crippen LogP) is 2.63. The minimum Gasteiger partial charge on any atom is -0.366 e. The number of hydrogen-bond acceptors (Lipinski definition) is 3. The zero-order valence-corrected chi connectivity index (χ0v) is 12.9. The SMILES string of the molecule is Cc1n[nH]c(C)c1N1CCN(Cc2ccc(F)cc2F)CC1. The molecule has 2 aromatic rings. The van der Waals surface area contributed by atoms with E-state index in [1.165, 1.54) is 17.8 Å². The maximum atomic E-state index is 13.7. The minimum absolute atomic E-state index is 0.469. The number of aromatic nitrogens is 2. The lowest BCUT2D eigenvalue weighted by Gasteiger charge is -2.36. The molecule has 0 aliphatic carbocycles. The Bertz CT molecular complexity index is 641. The van der Waals surface area contributed by atoms with Crippen LogP contribution in [0.4, 0.5) is 14.5 Å². The van der Waals surface area contributed by atoms with Crippen molar-refractivity contribution in [2.75, 3.05) is 31.1 Å². The van der Waals surface area contributed by atoms with Crippen LogP contribution in [0.2, 0.25) is 0 Å². The third-order valence-corrected chi connectivity index (χ3v) is 4.19. The van der Waals surface area contributed by atoms with E-state index in [-0.39, 0.29) is 0 Å². The van der Waals surface area contributed by atoms with E-state index in [1.807, 2.05) is 13.8 Å². The van der Waals surface area contributed by atoms with Gasteiger partial charge in [-0.25, -0.2) is 8.78 Å². The van der Waals surface area contributed by atoms with Gasteiger partial charge in [0.1, 0.15) is 11.6 Å². The number of hydrogen-bond donors (Lipinski definition) is 1. The van der Waals surface area contributed by atoms with Crippen LogP contribution in [0.5, 0.6) is 0 Å². The summed E-state index contributed by atoms with van der Waals surface area (Å²) in [4.78, 5) is 4.50. The van der Waals surface area contributed by atoms with Gasteiger partial charge in [0.15, 0.2) is 0 Å². The molecule has 1 N–H and O–H groups in total. The highest BCUT2D eigenvalue weighted by Gasteiger charge is 2.21. The zero-order chi connectivity index (χ0) is 15.7. The number of anilines is 1. The number of nitrogens with zero attached hydrogens (tertiary/aromatic N) is 3. The zero-order valence-electron chi connectivity index (χ0n) is 12.9. The highest BCUT2D eigenvalue weighted by molar-refractivity contribution is 5.54. The van der Waals surface area contributed by atoms with Gasteiger partial charge in [-0.2, -0.15) is 5.10 Å². The van der Waals surface area contributed by atoms with Gasteiger partial charge >= 0.3 is 0 Å². The second kappa shape index (κ2) is 6.04. The summed E-state index contributed by atoms with van der Waals surface area (Å²) in [5.74, 6) is -0.999. The molecule has 2 heterocycles. The Kier molecular flexibility index (Phi) is 4.11. The minimum atomic E-state index is -0.531. The summed E-state index contributed by atoms with van der Waals surface area (Å²) >= 11 is 0. The summed E-state index contributed by atoms with van der Waals surface area (Å²) in [5.41, 5.74) is 3.81. The van der Waals surface area contributed by atoms with Crippen molar-refractivity contribution in [1.82, 2.24) is 15.1 Å². The van der Waals surface area contributed by atoms with Crippen LogP contribution in [0.3, 0.4) is 0 Å². The summed E-state index contributed by atoms with van der Waals surface area (Å²) in [7, 11) is 0. The van der Waals surface area contributed by atoms with Crippen LogP contribution in [0.1, 0.15) is 17.0 Å². The Morgan fingerprint density at radius 2 is 1.86 bits per heavy atom. The molecule has 0 saturated carbocycles. The number of H-pyrrole nitrogens is 1. The van der Waals surface area contributed by atoms with Crippen molar-refractivity contribution in [3.05, 3.63) is 46.8 Å². The van der Waals surface area contributed by atoms with Gasteiger partial charge in [-0.05, 0) is 19.9 Å². The fourth-order valence-electron chi connectivity index (χ4n) is 3.03. The lowest BCUT2D eigenvalue weighted by Crippen LogP contribution is -2.46. The third-order valence-electron chi connectivity index (χ3n) is 4.19. The van der Waals surface area contributed by atoms with Crippen molar-refractivity contribution in [2.24, 2.45) is 0 Å². The quantitative estimate of drug-likeness (QED) is 0.947. The van der Waals surface area contributed by atoms with E-state index in [2.05, 4.69) is 20.0 Å². The molecule has 0 radical (unpaired) electrons. The lowest BCUT2D eigenvalue weighted by molar-refractivity contribution is 0.246. The fourth-order valence-corrected chi connectivity index (χ4v) is 3.03. The van der Waals surface area contributed by atoms with Gasteiger partial charge in [0, 0.05) is 44.4 Å². The van der Waals surface area contributed by atoms with Crippen LogP contribution in [0, 0.1) is 25.5 Å². The van der Waals surface area contributed by atoms with Crippen molar-refractivity contribution in [3.8, 4) is 0 Å². The van der Waals surface area contributed by atoms with Gasteiger partial charge in [-0.3, -0.25) is 10.00 Å². The number of rotatable bonds is 3. The first-order valence-corrected chi connectivity index (χ1v) is 7.47. The van der Waals surface area contributed by atoms with E-state index in [1.54, 1.807) is 0 Å². The molecule has 1 aliphatic heterocycles. The van der Waals surface area contributed by atoms with E-state index in [4.69, 9.17) is 0 Å². The van der Waals surface area contributed by atoms with Crippen molar-refractivity contribution < 1.29 is 8.78 Å². The van der Waals surface area contributed by atoms with Gasteiger partial charge in [0.05, 0.1) is 17.1 Å². The van der Waals surface area contributed by atoms with E-state index in [0.717, 1.165) is 43.6 Å². The molecule has 1 aromatic carbocycles. The first-order valence-electron chi connectivity index (χ1n) is 7.47. The summed E-state index contributed by atoms with van der Waals surface area (Å²) < 4.78 is 26.7. The average Bonchev–Trinajstić information content (AvgIpc) is 2.82. The number of benzene rings is 1. The topological polar surface area (TPSA) is 35.2 Å². The monoisotopic (exact) mass is 306 g/mol. The largest absolute Gasteiger partial charge is 0.366 e. The van der Waals surface area contributed by atoms with Gasteiger partial charge in [-0.1, -0.05) is 6.07 Å². The Morgan fingerprint density at radius 1 is 1.14 bits per heavy atom. The number of nitrogens with one attached hydrogen (secondary N) is 1. The van der Waals surface area contributed by atoms with E-state index in [9.17, 15) is 8.78 Å². The molecular formula is C16H20F2N4. The maximum absolute atomic E-state index is 13.7. The molecule has 0 spiro atoms. The van der Waals surface area contributed by atoms with E-state index in [0.29, 0.717) is 12.1 Å². The molecular weight excluding hydrogens is 286 g/mol. The smallest absolute Gasteiger partial charge is 0.130 e. The third kappa shape index (κ3) is 2.97. The summed E-state index contributed by atoms with van der Waals surface area (Å²) in [6.07, 6.45) is 0. The fraction of sp³-hybridized carbons (Fsp3) is 0.438. The second-order valence-electron chi connectivity index (χ2n) is 5.78. The van der Waals surface area contributed by atoms with Gasteiger partial charge < -0.3 is 4.90 Å². The molecule has 1 aromatic heterocycles. The van der Waals surface area contributed by atoms with Crippen molar-refractivity contribution in [2.45, 2.75) is 20.4 Å². The van der Waals surface area contributed by atoms with Crippen molar-refractivity contribution >= 4 is 5.69 Å². The predicted molar refractivity (Wildman–Crippen MR) is 81.9 cm³/mol. The van der Waals surface area contributed by atoms with Crippen LogP contribution < -0.4 is 4.90 Å². The molecule has 22 heavy (non-hydrogen) atoms. The molecule has 4 nitrogen and oxygen atoms in total. The Labute approximate surface area is 128 Å². The van der Waals surface area contributed by atoms with Gasteiger partial charge in [0.2, 0.25) is 0 Å². The van der Waals surface area contributed by atoms with Crippen LogP contribution in [-0.2, 0) is 6.54 Å². The molecule has 1 aliphatic rings. The van der Waals surface area contributed by atoms with E-state index < -0.39 is 11.6 Å². The van der Waals surface area contributed by atoms with Gasteiger partial charge in [0.25, 0.3) is 0 Å². The highest BCUT2D eigenvalue weighted by atomic mass is 19.1. The average molecular weight is 306 g/mol. The second-order valence-corrected chi connectivity index (χ2v) is 5.78. The van der Waals surface area contributed by atoms with Crippen LogP contribution in [0.15, 0.2) is 18.2 Å². The highest BCUT2D eigenvalue weighted by Crippen LogP contribution is 2.24. The molecule has 3 rings (SSSR count). The number of piperazine rings is 1. The molecule has 0 bridgehead atoms. The molecule has 0 amide bonds. The summed E-state index contributed by atoms with van der Waals surface area (Å²) in [6, 6.07) is 3.79. The Morgan fingerprint density at radius 3 is 2.45 bits per heavy atom. The van der Waals surface area contributed by atoms with E-state index >= 15 is 0 Å². The van der Waals surface area contributed by atoms with Crippen LogP contribution in [-0.4, -0.2) is 41.3 Å². The molecule has 1 fully saturated rings. The Balaban J connectivity index is 1.62. The molecule has 1 saturated heterocycles. The molecule has 0 atom stereocenters. The number of halogens is 2.